The van der Waals surface area contributed by atoms with Crippen LogP contribution >= 0.6 is 12.2 Å². The summed E-state index contributed by atoms with van der Waals surface area (Å²) in [5, 5.41) is 0. The first-order valence-corrected chi connectivity index (χ1v) is 8.21. The number of ether oxygens (including phenoxy) is 1. The molecule has 0 bridgehead atoms. The molecule has 2 N–H and O–H groups in total. The summed E-state index contributed by atoms with van der Waals surface area (Å²) in [4.78, 5) is 0.501. The summed E-state index contributed by atoms with van der Waals surface area (Å²) < 4.78 is 32.1. The predicted octanol–water partition coefficient (Wildman–Crippen LogP) is 1.12. The van der Waals surface area contributed by atoms with E-state index in [1.807, 2.05) is 13.8 Å². The molecule has 1 saturated heterocycles. The quantitative estimate of drug-likeness (QED) is 0.847. The molecule has 2 rings (SSSR count). The van der Waals surface area contributed by atoms with Crippen LogP contribution < -0.4 is 5.73 Å². The largest absolute Gasteiger partial charge is 0.389 e. The van der Waals surface area contributed by atoms with Crippen LogP contribution in [0.5, 0.6) is 0 Å². The van der Waals surface area contributed by atoms with Crippen LogP contribution in [-0.2, 0) is 14.8 Å². The number of hydrogen-bond donors (Lipinski definition) is 1. The number of thiocarbonyl (C=S) groups is 1. The highest BCUT2D eigenvalue weighted by Crippen LogP contribution is 2.21. The van der Waals surface area contributed by atoms with Crippen LogP contribution in [0.3, 0.4) is 0 Å². The highest BCUT2D eigenvalue weighted by atomic mass is 32.2. The van der Waals surface area contributed by atoms with Gasteiger partial charge in [-0.1, -0.05) is 24.4 Å². The number of morpholine rings is 1. The molecule has 0 aromatic heterocycles. The fraction of sp³-hybridized carbons (Fsp3) is 0.462. The van der Waals surface area contributed by atoms with E-state index in [0.717, 1.165) is 0 Å². The summed E-state index contributed by atoms with van der Waals surface area (Å²) >= 11 is 4.86. The monoisotopic (exact) mass is 314 g/mol. The van der Waals surface area contributed by atoms with Gasteiger partial charge in [-0.05, 0) is 26.0 Å². The molecule has 20 heavy (non-hydrogen) atoms. The van der Waals surface area contributed by atoms with Crippen molar-refractivity contribution in [1.29, 1.82) is 0 Å². The normalized spacial score (nSPS) is 24.5. The second-order valence-electron chi connectivity index (χ2n) is 4.97. The lowest BCUT2D eigenvalue weighted by molar-refractivity contribution is -0.0440. The Morgan fingerprint density at radius 1 is 1.25 bits per heavy atom. The van der Waals surface area contributed by atoms with Crippen LogP contribution in [0, 0.1) is 0 Å². The average molecular weight is 314 g/mol. The molecule has 0 amide bonds. The van der Waals surface area contributed by atoms with Gasteiger partial charge in [0.2, 0.25) is 10.0 Å². The summed E-state index contributed by atoms with van der Waals surface area (Å²) in [6.07, 6.45) is -0.214. The third-order valence-corrected chi connectivity index (χ3v) is 5.24. The standard InChI is InChI=1S/C13H18N2O3S2/c1-9-7-15(8-10(2)18-9)20(16,17)12-5-3-11(4-6-12)13(14)19/h3-6,9-10H,7-8H2,1-2H3,(H2,14,19)/t9-,10+. The van der Waals surface area contributed by atoms with Crippen LogP contribution in [0.4, 0.5) is 0 Å². The van der Waals surface area contributed by atoms with E-state index in [4.69, 9.17) is 22.7 Å². The SMILES string of the molecule is C[C@@H]1CN(S(=O)(=O)c2ccc(C(N)=S)cc2)C[C@H](C)O1. The van der Waals surface area contributed by atoms with Crippen LogP contribution in [0.15, 0.2) is 29.2 Å². The van der Waals surface area contributed by atoms with Gasteiger partial charge in [0.1, 0.15) is 4.99 Å². The van der Waals surface area contributed by atoms with Gasteiger partial charge in [0.15, 0.2) is 0 Å². The number of sulfonamides is 1. The minimum absolute atomic E-state index is 0.107. The average Bonchev–Trinajstić information content (AvgIpc) is 2.37. The van der Waals surface area contributed by atoms with Gasteiger partial charge in [-0.15, -0.1) is 0 Å². The maximum Gasteiger partial charge on any atom is 0.243 e. The van der Waals surface area contributed by atoms with Gasteiger partial charge in [-0.3, -0.25) is 0 Å². The molecular weight excluding hydrogens is 296 g/mol. The van der Waals surface area contributed by atoms with E-state index in [-0.39, 0.29) is 22.1 Å². The number of hydrogen-bond acceptors (Lipinski definition) is 4. The summed E-state index contributed by atoms with van der Waals surface area (Å²) in [5.74, 6) is 0. The number of benzene rings is 1. The van der Waals surface area contributed by atoms with Crippen LogP contribution in [0.1, 0.15) is 19.4 Å². The molecule has 0 radical (unpaired) electrons. The zero-order chi connectivity index (χ0) is 14.9. The highest BCUT2D eigenvalue weighted by Gasteiger charge is 2.32. The molecule has 1 heterocycles. The van der Waals surface area contributed by atoms with E-state index in [9.17, 15) is 8.42 Å². The Balaban J connectivity index is 2.27. The molecule has 0 unspecified atom stereocenters. The fourth-order valence-corrected chi connectivity index (χ4v) is 3.99. The zero-order valence-electron chi connectivity index (χ0n) is 11.4. The van der Waals surface area contributed by atoms with Crippen LogP contribution in [0.2, 0.25) is 0 Å². The molecule has 110 valence electrons. The molecule has 0 aliphatic carbocycles. The molecule has 2 atom stereocenters. The van der Waals surface area contributed by atoms with Gasteiger partial charge < -0.3 is 10.5 Å². The highest BCUT2D eigenvalue weighted by molar-refractivity contribution is 7.89. The summed E-state index contributed by atoms with van der Waals surface area (Å²) in [7, 11) is -3.50. The second kappa shape index (κ2) is 5.77. The number of nitrogens with two attached hydrogens (primary N) is 1. The van der Waals surface area contributed by atoms with Gasteiger partial charge in [0.05, 0.1) is 17.1 Å². The minimum atomic E-state index is -3.50. The molecule has 7 heteroatoms. The Morgan fingerprint density at radius 3 is 2.20 bits per heavy atom. The lowest BCUT2D eigenvalue weighted by atomic mass is 10.2. The summed E-state index contributed by atoms with van der Waals surface area (Å²) in [5.41, 5.74) is 6.16. The number of nitrogens with zero attached hydrogens (tertiary/aromatic N) is 1. The second-order valence-corrected chi connectivity index (χ2v) is 7.35. The van der Waals surface area contributed by atoms with Crippen molar-refractivity contribution in [2.45, 2.75) is 31.0 Å². The molecule has 5 nitrogen and oxygen atoms in total. The zero-order valence-corrected chi connectivity index (χ0v) is 13.1. The Hall–Kier alpha value is -1.02. The van der Waals surface area contributed by atoms with E-state index < -0.39 is 10.0 Å². The van der Waals surface area contributed by atoms with Crippen molar-refractivity contribution in [2.24, 2.45) is 5.73 Å². The van der Waals surface area contributed by atoms with Gasteiger partial charge in [0.25, 0.3) is 0 Å². The summed E-state index contributed by atoms with van der Waals surface area (Å²) in [6.45, 7) is 4.47. The lowest BCUT2D eigenvalue weighted by Gasteiger charge is -2.34. The van der Waals surface area contributed by atoms with Crippen molar-refractivity contribution >= 4 is 27.2 Å². The fourth-order valence-electron chi connectivity index (χ4n) is 2.27. The molecule has 1 aliphatic rings. The van der Waals surface area contributed by atoms with Crippen molar-refractivity contribution in [3.8, 4) is 0 Å². The number of rotatable bonds is 3. The molecule has 1 aliphatic heterocycles. The minimum Gasteiger partial charge on any atom is -0.389 e. The Labute approximate surface area is 124 Å². The van der Waals surface area contributed by atoms with Crippen molar-refractivity contribution < 1.29 is 13.2 Å². The van der Waals surface area contributed by atoms with Crippen molar-refractivity contribution in [1.82, 2.24) is 4.31 Å². The van der Waals surface area contributed by atoms with E-state index in [1.54, 1.807) is 12.1 Å². The maximum atomic E-state index is 12.6. The molecular formula is C13H18N2O3S2. The van der Waals surface area contributed by atoms with Crippen LogP contribution in [0.25, 0.3) is 0 Å². The van der Waals surface area contributed by atoms with Crippen molar-refractivity contribution in [2.75, 3.05) is 13.1 Å². The van der Waals surface area contributed by atoms with Crippen molar-refractivity contribution in [3.63, 3.8) is 0 Å². The topological polar surface area (TPSA) is 72.6 Å². The Kier molecular flexibility index (Phi) is 4.43. The van der Waals surface area contributed by atoms with Gasteiger partial charge in [-0.2, -0.15) is 4.31 Å². The lowest BCUT2D eigenvalue weighted by Crippen LogP contribution is -2.48. The van der Waals surface area contributed by atoms with E-state index in [0.29, 0.717) is 18.7 Å². The molecule has 0 spiro atoms. The first kappa shape index (κ1) is 15.4. The molecule has 1 aromatic rings. The smallest absolute Gasteiger partial charge is 0.243 e. The van der Waals surface area contributed by atoms with Gasteiger partial charge in [-0.25, -0.2) is 8.42 Å². The molecule has 1 aromatic carbocycles. The summed E-state index contributed by atoms with van der Waals surface area (Å²) in [6, 6.07) is 6.33. The van der Waals surface area contributed by atoms with Crippen LogP contribution in [-0.4, -0.2) is 43.0 Å². The molecule has 0 saturated carbocycles. The Bertz CT molecular complexity index is 589. The molecule has 1 fully saturated rings. The van der Waals surface area contributed by atoms with Gasteiger partial charge >= 0.3 is 0 Å². The third-order valence-electron chi connectivity index (χ3n) is 3.16. The first-order chi connectivity index (χ1) is 9.30. The van der Waals surface area contributed by atoms with E-state index in [1.165, 1.54) is 16.4 Å². The van der Waals surface area contributed by atoms with Gasteiger partial charge in [0, 0.05) is 18.7 Å². The van der Waals surface area contributed by atoms with E-state index in [2.05, 4.69) is 0 Å². The Morgan fingerprint density at radius 2 is 1.75 bits per heavy atom. The first-order valence-electron chi connectivity index (χ1n) is 6.36. The van der Waals surface area contributed by atoms with Crippen molar-refractivity contribution in [3.05, 3.63) is 29.8 Å². The van der Waals surface area contributed by atoms with E-state index >= 15 is 0 Å². The predicted molar refractivity (Wildman–Crippen MR) is 81.1 cm³/mol. The maximum absolute atomic E-state index is 12.6. The third kappa shape index (κ3) is 3.17.